The van der Waals surface area contributed by atoms with Crippen LogP contribution in [-0.4, -0.2) is 46.3 Å². The van der Waals surface area contributed by atoms with Gasteiger partial charge in [-0.15, -0.1) is 0 Å². The van der Waals surface area contributed by atoms with Crippen LogP contribution < -0.4 is 4.90 Å². The lowest BCUT2D eigenvalue weighted by Gasteiger charge is -2.41. The molecule has 1 saturated heterocycles. The Morgan fingerprint density at radius 2 is 2.21 bits per heavy atom. The maximum Gasteiger partial charge on any atom is 0.223 e. The molecule has 0 radical (unpaired) electrons. The van der Waals surface area contributed by atoms with E-state index in [0.29, 0.717) is 6.42 Å². The molecule has 1 fully saturated rings. The maximum atomic E-state index is 12.5. The van der Waals surface area contributed by atoms with E-state index in [4.69, 9.17) is 11.6 Å². The van der Waals surface area contributed by atoms with Crippen LogP contribution in [0.2, 0.25) is 5.02 Å². The van der Waals surface area contributed by atoms with E-state index in [1.165, 1.54) is 0 Å². The molecule has 1 aliphatic heterocycles. The summed E-state index contributed by atoms with van der Waals surface area (Å²) in [6.45, 7) is 4.53. The van der Waals surface area contributed by atoms with E-state index in [-0.39, 0.29) is 11.9 Å². The van der Waals surface area contributed by atoms with Crippen LogP contribution in [-0.2, 0) is 18.3 Å². The Balaban J connectivity index is 1.56. The predicted octanol–water partition coefficient (Wildman–Crippen LogP) is 2.74. The summed E-state index contributed by atoms with van der Waals surface area (Å²) in [4.78, 5) is 16.8. The Morgan fingerprint density at radius 1 is 1.38 bits per heavy atom. The van der Waals surface area contributed by atoms with Crippen LogP contribution in [0.4, 0.5) is 5.69 Å². The van der Waals surface area contributed by atoms with Crippen LogP contribution in [0.5, 0.6) is 0 Å². The molecule has 1 aromatic heterocycles. The van der Waals surface area contributed by atoms with E-state index in [0.717, 1.165) is 42.3 Å². The van der Waals surface area contributed by atoms with E-state index in [2.05, 4.69) is 23.0 Å². The van der Waals surface area contributed by atoms with Crippen LogP contribution in [0.3, 0.4) is 0 Å². The number of rotatable bonds is 4. The summed E-state index contributed by atoms with van der Waals surface area (Å²) in [5.74, 6) is 0.220. The molecule has 5 nitrogen and oxygen atoms in total. The Kier molecular flexibility index (Phi) is 5.09. The minimum Gasteiger partial charge on any atom is -0.368 e. The smallest absolute Gasteiger partial charge is 0.223 e. The number of aromatic nitrogens is 2. The highest BCUT2D eigenvalue weighted by Crippen LogP contribution is 2.23. The van der Waals surface area contributed by atoms with E-state index < -0.39 is 0 Å². The Morgan fingerprint density at radius 3 is 2.88 bits per heavy atom. The number of hydrogen-bond donors (Lipinski definition) is 0. The second-order valence-electron chi connectivity index (χ2n) is 6.38. The van der Waals surface area contributed by atoms with Gasteiger partial charge >= 0.3 is 0 Å². The Hall–Kier alpha value is -2.01. The molecular weight excluding hydrogens is 324 g/mol. The maximum absolute atomic E-state index is 12.5. The van der Waals surface area contributed by atoms with Crippen LogP contribution in [0, 0.1) is 0 Å². The fourth-order valence-electron chi connectivity index (χ4n) is 3.23. The first-order chi connectivity index (χ1) is 11.5. The topological polar surface area (TPSA) is 41.4 Å². The summed E-state index contributed by atoms with van der Waals surface area (Å²) in [6.07, 6.45) is 5.07. The van der Waals surface area contributed by atoms with E-state index in [9.17, 15) is 4.79 Å². The quantitative estimate of drug-likeness (QED) is 0.854. The third kappa shape index (κ3) is 3.90. The zero-order valence-electron chi connectivity index (χ0n) is 14.2. The number of anilines is 1. The molecule has 1 amide bonds. The second-order valence-corrected chi connectivity index (χ2v) is 6.82. The molecule has 2 heterocycles. The van der Waals surface area contributed by atoms with Crippen molar-refractivity contribution in [2.45, 2.75) is 25.8 Å². The molecular formula is C18H23ClN4O. The van der Waals surface area contributed by atoms with Crippen molar-refractivity contribution < 1.29 is 4.79 Å². The van der Waals surface area contributed by atoms with Crippen molar-refractivity contribution in [1.82, 2.24) is 14.7 Å². The molecule has 0 N–H and O–H groups in total. The zero-order chi connectivity index (χ0) is 17.1. The Labute approximate surface area is 147 Å². The van der Waals surface area contributed by atoms with Crippen molar-refractivity contribution in [2.24, 2.45) is 7.05 Å². The first kappa shape index (κ1) is 16.8. The fraction of sp³-hybridized carbons (Fsp3) is 0.444. The van der Waals surface area contributed by atoms with Gasteiger partial charge in [0.15, 0.2) is 0 Å². The average Bonchev–Trinajstić information content (AvgIpc) is 2.98. The third-order valence-electron chi connectivity index (χ3n) is 4.51. The van der Waals surface area contributed by atoms with E-state index >= 15 is 0 Å². The first-order valence-corrected chi connectivity index (χ1v) is 8.68. The lowest BCUT2D eigenvalue weighted by Crippen LogP contribution is -2.54. The molecule has 3 rings (SSSR count). The molecule has 6 heteroatoms. The number of hydrogen-bond acceptors (Lipinski definition) is 3. The minimum atomic E-state index is 0.194. The minimum absolute atomic E-state index is 0.194. The van der Waals surface area contributed by atoms with Crippen molar-refractivity contribution in [3.63, 3.8) is 0 Å². The summed E-state index contributed by atoms with van der Waals surface area (Å²) < 4.78 is 1.77. The van der Waals surface area contributed by atoms with Crippen molar-refractivity contribution in [2.75, 3.05) is 24.5 Å². The SMILES string of the molecule is CC1CN(c2cccc(Cl)c2)CCN1C(=O)CCc1cnn(C)c1. The first-order valence-electron chi connectivity index (χ1n) is 8.30. The number of nitrogens with zero attached hydrogens (tertiary/aromatic N) is 4. The van der Waals surface area contributed by atoms with Gasteiger partial charge in [0.25, 0.3) is 0 Å². The predicted molar refractivity (Wildman–Crippen MR) is 96.4 cm³/mol. The highest BCUT2D eigenvalue weighted by atomic mass is 35.5. The number of carbonyl (C=O) groups excluding carboxylic acids is 1. The standard InChI is InChI=1S/C18H23ClN4O/c1-14-12-22(17-5-3-4-16(19)10-17)8-9-23(14)18(24)7-6-15-11-20-21(2)13-15/h3-5,10-11,13-14H,6-9,12H2,1-2H3. The van der Waals surface area contributed by atoms with Crippen LogP contribution >= 0.6 is 11.6 Å². The van der Waals surface area contributed by atoms with Crippen molar-refractivity contribution >= 4 is 23.2 Å². The molecule has 24 heavy (non-hydrogen) atoms. The molecule has 128 valence electrons. The lowest BCUT2D eigenvalue weighted by atomic mass is 10.1. The van der Waals surface area contributed by atoms with Crippen LogP contribution in [0.25, 0.3) is 0 Å². The van der Waals surface area contributed by atoms with Gasteiger partial charge in [-0.1, -0.05) is 17.7 Å². The molecule has 1 atom stereocenters. The van der Waals surface area contributed by atoms with Gasteiger partial charge in [-0.2, -0.15) is 5.10 Å². The largest absolute Gasteiger partial charge is 0.368 e. The Bertz CT molecular complexity index is 715. The van der Waals surface area contributed by atoms with Gasteiger partial charge < -0.3 is 9.80 Å². The average molecular weight is 347 g/mol. The normalized spacial score (nSPS) is 18.0. The molecule has 1 aliphatic rings. The van der Waals surface area contributed by atoms with Crippen molar-refractivity contribution in [3.8, 4) is 0 Å². The zero-order valence-corrected chi connectivity index (χ0v) is 14.9. The summed E-state index contributed by atoms with van der Waals surface area (Å²) in [7, 11) is 1.89. The molecule has 1 aromatic carbocycles. The number of benzene rings is 1. The van der Waals surface area contributed by atoms with Crippen molar-refractivity contribution in [1.29, 1.82) is 0 Å². The van der Waals surface area contributed by atoms with E-state index in [1.54, 1.807) is 4.68 Å². The van der Waals surface area contributed by atoms with Crippen LogP contribution in [0.15, 0.2) is 36.7 Å². The molecule has 2 aromatic rings. The van der Waals surface area contributed by atoms with Gasteiger partial charge in [0.1, 0.15) is 0 Å². The van der Waals surface area contributed by atoms with E-state index in [1.807, 2.05) is 42.5 Å². The number of amides is 1. The van der Waals surface area contributed by atoms with Gasteiger partial charge in [-0.25, -0.2) is 0 Å². The van der Waals surface area contributed by atoms with Gasteiger partial charge in [-0.3, -0.25) is 9.48 Å². The summed E-state index contributed by atoms with van der Waals surface area (Å²) in [5, 5.41) is 4.89. The van der Waals surface area contributed by atoms with Gasteiger partial charge in [-0.05, 0) is 37.1 Å². The summed E-state index contributed by atoms with van der Waals surface area (Å²) >= 11 is 6.08. The van der Waals surface area contributed by atoms with Crippen molar-refractivity contribution in [3.05, 3.63) is 47.2 Å². The molecule has 0 saturated carbocycles. The molecule has 0 aliphatic carbocycles. The highest BCUT2D eigenvalue weighted by Gasteiger charge is 2.27. The van der Waals surface area contributed by atoms with Gasteiger partial charge in [0.05, 0.1) is 6.20 Å². The highest BCUT2D eigenvalue weighted by molar-refractivity contribution is 6.30. The molecule has 1 unspecified atom stereocenters. The fourth-order valence-corrected chi connectivity index (χ4v) is 3.42. The number of carbonyl (C=O) groups is 1. The second kappa shape index (κ2) is 7.26. The molecule has 0 spiro atoms. The van der Waals surface area contributed by atoms with Gasteiger partial charge in [0, 0.05) is 56.1 Å². The number of halogens is 1. The third-order valence-corrected chi connectivity index (χ3v) is 4.74. The summed E-state index contributed by atoms with van der Waals surface area (Å²) in [6, 6.07) is 8.09. The summed E-state index contributed by atoms with van der Waals surface area (Å²) in [5.41, 5.74) is 2.23. The lowest BCUT2D eigenvalue weighted by molar-refractivity contribution is -0.133. The number of aryl methyl sites for hydroxylation is 2. The molecule has 0 bridgehead atoms. The number of piperazine rings is 1. The monoisotopic (exact) mass is 346 g/mol. The van der Waals surface area contributed by atoms with Crippen LogP contribution in [0.1, 0.15) is 18.9 Å². The van der Waals surface area contributed by atoms with Gasteiger partial charge in [0.2, 0.25) is 5.91 Å².